The van der Waals surface area contributed by atoms with Gasteiger partial charge in [0.05, 0.1) is 20.1 Å². The van der Waals surface area contributed by atoms with Crippen LogP contribution < -0.4 is 9.47 Å². The van der Waals surface area contributed by atoms with Crippen molar-refractivity contribution in [1.82, 2.24) is 0 Å². The Labute approximate surface area is 138 Å². The first-order chi connectivity index (χ1) is 10.6. The summed E-state index contributed by atoms with van der Waals surface area (Å²) in [7, 11) is 1.63. The van der Waals surface area contributed by atoms with Gasteiger partial charge in [-0.1, -0.05) is 15.9 Å². The number of hydrogen-bond donors (Lipinski definition) is 1. The van der Waals surface area contributed by atoms with Crippen LogP contribution >= 0.6 is 15.9 Å². The molecule has 0 aromatic heterocycles. The molecule has 0 saturated heterocycles. The van der Waals surface area contributed by atoms with Crippen LogP contribution in [0.25, 0.3) is 0 Å². The Morgan fingerprint density at radius 3 is 2.59 bits per heavy atom. The molecule has 2 aliphatic rings. The van der Waals surface area contributed by atoms with Gasteiger partial charge in [0, 0.05) is 4.47 Å². The van der Waals surface area contributed by atoms with E-state index in [0.717, 1.165) is 35.2 Å². The van der Waals surface area contributed by atoms with Gasteiger partial charge in [0.2, 0.25) is 0 Å². The third kappa shape index (κ3) is 3.75. The van der Waals surface area contributed by atoms with Crippen molar-refractivity contribution in [2.45, 2.75) is 38.0 Å². The number of carboxylic acids is 1. The zero-order valence-electron chi connectivity index (χ0n) is 12.7. The van der Waals surface area contributed by atoms with E-state index in [1.165, 1.54) is 12.8 Å². The van der Waals surface area contributed by atoms with Crippen LogP contribution in [0.3, 0.4) is 0 Å². The molecule has 4 nitrogen and oxygen atoms in total. The predicted octanol–water partition coefficient (Wildman–Crippen LogP) is 4.21. The molecule has 0 radical (unpaired) electrons. The molecule has 1 aromatic rings. The first-order valence-corrected chi connectivity index (χ1v) is 8.59. The van der Waals surface area contributed by atoms with E-state index in [9.17, 15) is 9.90 Å². The third-order valence-corrected chi connectivity index (χ3v) is 5.13. The number of rotatable bonds is 8. The molecular formula is C17H21BrO4. The fourth-order valence-electron chi connectivity index (χ4n) is 2.82. The van der Waals surface area contributed by atoms with Crippen LogP contribution in [0.1, 0.15) is 43.6 Å². The van der Waals surface area contributed by atoms with Gasteiger partial charge in [0.15, 0.2) is 11.5 Å². The van der Waals surface area contributed by atoms with Crippen LogP contribution in [0.5, 0.6) is 11.5 Å². The minimum Gasteiger partial charge on any atom is -0.493 e. The monoisotopic (exact) mass is 368 g/mol. The second-order valence-electron chi connectivity index (χ2n) is 6.32. The van der Waals surface area contributed by atoms with Crippen LogP contribution in [-0.2, 0) is 4.79 Å². The quantitative estimate of drug-likeness (QED) is 0.746. The Hall–Kier alpha value is -1.23. The summed E-state index contributed by atoms with van der Waals surface area (Å²) in [6, 6.07) is 3.87. The van der Waals surface area contributed by atoms with E-state index in [0.29, 0.717) is 17.6 Å². The van der Waals surface area contributed by atoms with E-state index in [2.05, 4.69) is 15.9 Å². The van der Waals surface area contributed by atoms with Gasteiger partial charge in [-0.15, -0.1) is 0 Å². The highest BCUT2D eigenvalue weighted by atomic mass is 79.9. The fourth-order valence-corrected chi connectivity index (χ4v) is 3.43. The van der Waals surface area contributed by atoms with Crippen molar-refractivity contribution in [3.05, 3.63) is 22.2 Å². The molecule has 0 spiro atoms. The molecule has 0 bridgehead atoms. The largest absolute Gasteiger partial charge is 0.493 e. The average Bonchev–Trinajstić information content (AvgIpc) is 3.37. The van der Waals surface area contributed by atoms with Gasteiger partial charge < -0.3 is 14.6 Å². The number of carbonyl (C=O) groups is 1. The molecule has 1 unspecified atom stereocenters. The van der Waals surface area contributed by atoms with Crippen molar-refractivity contribution in [2.24, 2.45) is 11.8 Å². The zero-order valence-corrected chi connectivity index (χ0v) is 14.3. The molecule has 1 N–H and O–H groups in total. The number of ether oxygens (including phenoxy) is 2. The Bertz CT molecular complexity index is 564. The highest BCUT2D eigenvalue weighted by Gasteiger charge is 2.35. The van der Waals surface area contributed by atoms with Gasteiger partial charge in [-0.2, -0.15) is 0 Å². The Balaban J connectivity index is 1.84. The van der Waals surface area contributed by atoms with Crippen molar-refractivity contribution in [3.63, 3.8) is 0 Å². The van der Waals surface area contributed by atoms with Crippen LogP contribution in [0.2, 0.25) is 0 Å². The number of hydrogen-bond acceptors (Lipinski definition) is 3. The topological polar surface area (TPSA) is 55.8 Å². The van der Waals surface area contributed by atoms with E-state index in [1.807, 2.05) is 12.1 Å². The Kier molecular flexibility index (Phi) is 4.62. The van der Waals surface area contributed by atoms with Gasteiger partial charge >= 0.3 is 5.97 Å². The molecular weight excluding hydrogens is 348 g/mol. The Morgan fingerprint density at radius 1 is 1.32 bits per heavy atom. The molecule has 1 aromatic carbocycles. The highest BCUT2D eigenvalue weighted by Crippen LogP contribution is 2.48. The third-order valence-electron chi connectivity index (χ3n) is 4.44. The van der Waals surface area contributed by atoms with Crippen LogP contribution in [0.4, 0.5) is 0 Å². The maximum absolute atomic E-state index is 11.2. The van der Waals surface area contributed by atoms with Crippen LogP contribution in [-0.4, -0.2) is 24.8 Å². The molecule has 2 saturated carbocycles. The number of methoxy groups -OCH3 is 1. The summed E-state index contributed by atoms with van der Waals surface area (Å²) in [5.41, 5.74) is 1.01. The minimum atomic E-state index is -0.753. The van der Waals surface area contributed by atoms with Gasteiger partial charge in [0.25, 0.3) is 0 Å². The second-order valence-corrected chi connectivity index (χ2v) is 7.18. The summed E-state index contributed by atoms with van der Waals surface area (Å²) in [5.74, 6) is 1.85. The molecule has 5 heteroatoms. The Morgan fingerprint density at radius 2 is 2.05 bits per heavy atom. The van der Waals surface area contributed by atoms with Crippen molar-refractivity contribution in [1.29, 1.82) is 0 Å². The summed E-state index contributed by atoms with van der Waals surface area (Å²) in [5, 5.41) is 9.17. The number of halogens is 1. The van der Waals surface area contributed by atoms with Crippen molar-refractivity contribution in [3.8, 4) is 11.5 Å². The summed E-state index contributed by atoms with van der Waals surface area (Å²) in [4.78, 5) is 11.2. The van der Waals surface area contributed by atoms with Crippen molar-refractivity contribution in [2.75, 3.05) is 13.7 Å². The molecule has 1 atom stereocenters. The summed E-state index contributed by atoms with van der Waals surface area (Å²) in [6.07, 6.45) is 4.85. The zero-order chi connectivity index (χ0) is 15.7. The molecule has 22 heavy (non-hydrogen) atoms. The molecule has 0 amide bonds. The summed E-state index contributed by atoms with van der Waals surface area (Å²) in [6.45, 7) is 0.726. The van der Waals surface area contributed by atoms with E-state index in [-0.39, 0.29) is 12.3 Å². The molecule has 0 heterocycles. The summed E-state index contributed by atoms with van der Waals surface area (Å²) < 4.78 is 12.2. The average molecular weight is 369 g/mol. The standard InChI is InChI=1S/C17H21BrO4/c1-21-15-6-13(12(7-17(19)20)11-4-5-11)14(18)8-16(15)22-9-10-2-3-10/h6,8,10-12H,2-5,7,9H2,1H3,(H,19,20). The van der Waals surface area contributed by atoms with E-state index < -0.39 is 5.97 Å². The van der Waals surface area contributed by atoms with Gasteiger partial charge in [-0.05, 0) is 61.1 Å². The van der Waals surface area contributed by atoms with Gasteiger partial charge in [0.1, 0.15) is 0 Å². The maximum atomic E-state index is 11.2. The van der Waals surface area contributed by atoms with Gasteiger partial charge in [-0.3, -0.25) is 4.79 Å². The van der Waals surface area contributed by atoms with Crippen molar-refractivity contribution < 1.29 is 19.4 Å². The lowest BCUT2D eigenvalue weighted by Crippen LogP contribution is -2.10. The lowest BCUT2D eigenvalue weighted by molar-refractivity contribution is -0.137. The first kappa shape index (κ1) is 15.7. The molecule has 120 valence electrons. The van der Waals surface area contributed by atoms with Crippen LogP contribution in [0, 0.1) is 11.8 Å². The predicted molar refractivity (Wildman–Crippen MR) is 86.6 cm³/mol. The number of carboxylic acid groups (broad SMARTS) is 1. The second kappa shape index (κ2) is 6.49. The van der Waals surface area contributed by atoms with E-state index >= 15 is 0 Å². The van der Waals surface area contributed by atoms with Gasteiger partial charge in [-0.25, -0.2) is 0 Å². The lowest BCUT2D eigenvalue weighted by atomic mass is 9.91. The molecule has 2 aliphatic carbocycles. The first-order valence-electron chi connectivity index (χ1n) is 7.80. The smallest absolute Gasteiger partial charge is 0.303 e. The van der Waals surface area contributed by atoms with E-state index in [1.54, 1.807) is 7.11 Å². The number of aliphatic carboxylic acids is 1. The normalized spacial score (nSPS) is 18.8. The minimum absolute atomic E-state index is 0.0401. The molecule has 2 fully saturated rings. The van der Waals surface area contributed by atoms with E-state index in [4.69, 9.17) is 9.47 Å². The number of benzene rings is 1. The van der Waals surface area contributed by atoms with Crippen molar-refractivity contribution >= 4 is 21.9 Å². The highest BCUT2D eigenvalue weighted by molar-refractivity contribution is 9.10. The fraction of sp³-hybridized carbons (Fsp3) is 0.588. The summed E-state index contributed by atoms with van der Waals surface area (Å²) >= 11 is 3.59. The molecule has 3 rings (SSSR count). The maximum Gasteiger partial charge on any atom is 0.303 e. The SMILES string of the molecule is COc1cc(C(CC(=O)O)C2CC2)c(Br)cc1OCC1CC1. The lowest BCUT2D eigenvalue weighted by Gasteiger charge is -2.19. The molecule has 0 aliphatic heterocycles. The van der Waals surface area contributed by atoms with Crippen LogP contribution in [0.15, 0.2) is 16.6 Å².